The second-order valence-corrected chi connectivity index (χ2v) is 7.81. The molecule has 0 bridgehead atoms. The fourth-order valence-corrected chi connectivity index (χ4v) is 4.21. The van der Waals surface area contributed by atoms with Crippen molar-refractivity contribution in [2.75, 3.05) is 18.4 Å². The van der Waals surface area contributed by atoms with E-state index in [0.29, 0.717) is 25.9 Å². The van der Waals surface area contributed by atoms with Crippen molar-refractivity contribution in [3.05, 3.63) is 47.5 Å². The Balaban J connectivity index is 1.36. The van der Waals surface area contributed by atoms with Crippen molar-refractivity contribution >= 4 is 17.5 Å². The first-order valence-electron chi connectivity index (χ1n) is 10.4. The van der Waals surface area contributed by atoms with Crippen LogP contribution in [0.5, 0.6) is 0 Å². The number of rotatable bonds is 8. The van der Waals surface area contributed by atoms with Crippen LogP contribution in [0.15, 0.2) is 30.7 Å². The van der Waals surface area contributed by atoms with Gasteiger partial charge in [0.25, 0.3) is 0 Å². The SMILES string of the molecule is NCCn1cnc(CCCNc2cccc3c2CN(C2CCC(=O)NC2=O)C3O)c1. The van der Waals surface area contributed by atoms with Crippen molar-refractivity contribution < 1.29 is 14.7 Å². The van der Waals surface area contributed by atoms with Gasteiger partial charge in [-0.05, 0) is 30.9 Å². The van der Waals surface area contributed by atoms with E-state index in [1.54, 1.807) is 4.90 Å². The van der Waals surface area contributed by atoms with Gasteiger partial charge in [-0.25, -0.2) is 4.98 Å². The lowest BCUT2D eigenvalue weighted by molar-refractivity contribution is -0.141. The molecule has 2 amide bonds. The minimum Gasteiger partial charge on any atom is -0.385 e. The fraction of sp³-hybridized carbons (Fsp3) is 0.476. The summed E-state index contributed by atoms with van der Waals surface area (Å²) in [4.78, 5) is 29.8. The number of aliphatic hydroxyl groups is 1. The maximum atomic E-state index is 12.2. The van der Waals surface area contributed by atoms with Crippen LogP contribution in [0.4, 0.5) is 5.69 Å². The monoisotopic (exact) mass is 412 g/mol. The van der Waals surface area contributed by atoms with Gasteiger partial charge < -0.3 is 20.7 Å². The van der Waals surface area contributed by atoms with Crippen LogP contribution in [0, 0.1) is 0 Å². The summed E-state index contributed by atoms with van der Waals surface area (Å²) in [6.45, 7) is 2.61. The molecule has 9 heteroatoms. The predicted octanol–water partition coefficient (Wildman–Crippen LogP) is 0.498. The molecule has 5 N–H and O–H groups in total. The standard InChI is InChI=1S/C21H28N6O3/c22-8-10-26-11-14(24-13-26)3-2-9-23-17-5-1-4-15-16(17)12-27(21(15)30)18-6-7-19(28)25-20(18)29/h1,4-5,11,13,18,21,23,30H,2-3,6-10,12,22H2,(H,25,28,29). The number of nitrogens with two attached hydrogens (primary N) is 1. The lowest BCUT2D eigenvalue weighted by Crippen LogP contribution is -2.51. The third-order valence-corrected chi connectivity index (χ3v) is 5.75. The molecule has 3 heterocycles. The molecular formula is C21H28N6O3. The Morgan fingerprint density at radius 3 is 3.00 bits per heavy atom. The van der Waals surface area contributed by atoms with Crippen LogP contribution in [0.1, 0.15) is 42.3 Å². The lowest BCUT2D eigenvalue weighted by atomic mass is 10.0. The number of nitrogens with one attached hydrogen (secondary N) is 2. The van der Waals surface area contributed by atoms with Crippen molar-refractivity contribution in [2.24, 2.45) is 5.73 Å². The third kappa shape index (κ3) is 4.23. The summed E-state index contributed by atoms with van der Waals surface area (Å²) in [6.07, 6.45) is 5.49. The van der Waals surface area contributed by atoms with Crippen LogP contribution in [0.3, 0.4) is 0 Å². The molecule has 1 saturated heterocycles. The molecule has 0 radical (unpaired) electrons. The highest BCUT2D eigenvalue weighted by Gasteiger charge is 2.40. The first-order chi connectivity index (χ1) is 14.6. The zero-order valence-electron chi connectivity index (χ0n) is 16.9. The number of imidazole rings is 1. The summed E-state index contributed by atoms with van der Waals surface area (Å²) < 4.78 is 2.00. The van der Waals surface area contributed by atoms with Gasteiger partial charge in [0, 0.05) is 50.0 Å². The zero-order valence-corrected chi connectivity index (χ0v) is 16.9. The largest absolute Gasteiger partial charge is 0.385 e. The average Bonchev–Trinajstić information content (AvgIpc) is 3.31. The Labute approximate surface area is 175 Å². The second kappa shape index (κ2) is 8.95. The Morgan fingerprint density at radius 1 is 1.33 bits per heavy atom. The molecule has 2 aliphatic rings. The Bertz CT molecular complexity index is 927. The molecule has 30 heavy (non-hydrogen) atoms. The van der Waals surface area contributed by atoms with Crippen molar-refractivity contribution in [1.82, 2.24) is 19.8 Å². The van der Waals surface area contributed by atoms with Gasteiger partial charge in [0.15, 0.2) is 0 Å². The van der Waals surface area contributed by atoms with E-state index in [0.717, 1.165) is 48.4 Å². The van der Waals surface area contributed by atoms with Gasteiger partial charge in [0.2, 0.25) is 11.8 Å². The molecule has 4 rings (SSSR count). The number of benzene rings is 1. The molecule has 1 aromatic carbocycles. The first-order valence-corrected chi connectivity index (χ1v) is 10.4. The number of aryl methyl sites for hydroxylation is 1. The molecule has 160 valence electrons. The highest BCUT2D eigenvalue weighted by Crippen LogP contribution is 2.38. The molecule has 2 aliphatic heterocycles. The van der Waals surface area contributed by atoms with Crippen LogP contribution in [0.25, 0.3) is 0 Å². The molecule has 0 spiro atoms. The van der Waals surface area contributed by atoms with Gasteiger partial charge in [0.1, 0.15) is 6.23 Å². The average molecular weight is 412 g/mol. The molecule has 1 fully saturated rings. The number of amides is 2. The van der Waals surface area contributed by atoms with Gasteiger partial charge in [-0.2, -0.15) is 0 Å². The summed E-state index contributed by atoms with van der Waals surface area (Å²) >= 11 is 0. The third-order valence-electron chi connectivity index (χ3n) is 5.75. The Kier molecular flexibility index (Phi) is 6.12. The van der Waals surface area contributed by atoms with E-state index in [4.69, 9.17) is 5.73 Å². The number of piperidine rings is 1. The molecule has 9 nitrogen and oxygen atoms in total. The molecule has 2 unspecified atom stereocenters. The Morgan fingerprint density at radius 2 is 2.20 bits per heavy atom. The van der Waals surface area contributed by atoms with E-state index in [1.807, 2.05) is 35.3 Å². The van der Waals surface area contributed by atoms with Gasteiger partial charge in [-0.1, -0.05) is 12.1 Å². The normalized spacial score (nSPS) is 21.5. The lowest BCUT2D eigenvalue weighted by Gasteiger charge is -2.31. The van der Waals surface area contributed by atoms with E-state index in [-0.39, 0.29) is 11.8 Å². The number of carbonyl (C=O) groups excluding carboxylic acids is 2. The first kappa shape index (κ1) is 20.5. The summed E-state index contributed by atoms with van der Waals surface area (Å²) in [7, 11) is 0. The summed E-state index contributed by atoms with van der Waals surface area (Å²) in [6, 6.07) is 5.30. The highest BCUT2D eigenvalue weighted by atomic mass is 16.3. The van der Waals surface area contributed by atoms with Crippen LogP contribution in [0.2, 0.25) is 0 Å². The van der Waals surface area contributed by atoms with Gasteiger partial charge in [0.05, 0.1) is 18.1 Å². The van der Waals surface area contributed by atoms with E-state index in [9.17, 15) is 14.7 Å². The molecule has 1 aromatic heterocycles. The topological polar surface area (TPSA) is 126 Å². The molecular weight excluding hydrogens is 384 g/mol. The number of nitrogens with zero attached hydrogens (tertiary/aromatic N) is 3. The second-order valence-electron chi connectivity index (χ2n) is 7.81. The minimum atomic E-state index is -0.850. The number of carbonyl (C=O) groups is 2. The number of hydrogen-bond donors (Lipinski definition) is 4. The number of fused-ring (bicyclic) bond motifs is 1. The van der Waals surface area contributed by atoms with Crippen LogP contribution < -0.4 is 16.4 Å². The van der Waals surface area contributed by atoms with Gasteiger partial charge in [-0.15, -0.1) is 0 Å². The Hall–Kier alpha value is -2.75. The number of imide groups is 1. The quantitative estimate of drug-likeness (QED) is 0.367. The van der Waals surface area contributed by atoms with Crippen molar-refractivity contribution in [2.45, 2.75) is 51.0 Å². The number of aromatic nitrogens is 2. The fourth-order valence-electron chi connectivity index (χ4n) is 4.21. The maximum Gasteiger partial charge on any atom is 0.244 e. The van der Waals surface area contributed by atoms with Crippen molar-refractivity contribution in [3.63, 3.8) is 0 Å². The predicted molar refractivity (Wildman–Crippen MR) is 111 cm³/mol. The van der Waals surface area contributed by atoms with Gasteiger partial charge >= 0.3 is 0 Å². The van der Waals surface area contributed by atoms with E-state index < -0.39 is 12.3 Å². The molecule has 2 atom stereocenters. The van der Waals surface area contributed by atoms with E-state index in [1.165, 1.54) is 0 Å². The van der Waals surface area contributed by atoms with Crippen LogP contribution in [-0.4, -0.2) is 50.5 Å². The van der Waals surface area contributed by atoms with Crippen LogP contribution in [-0.2, 0) is 29.1 Å². The van der Waals surface area contributed by atoms with Crippen molar-refractivity contribution in [3.8, 4) is 0 Å². The molecule has 2 aromatic rings. The molecule has 0 aliphatic carbocycles. The molecule has 0 saturated carbocycles. The van der Waals surface area contributed by atoms with Crippen molar-refractivity contribution in [1.29, 1.82) is 0 Å². The maximum absolute atomic E-state index is 12.2. The summed E-state index contributed by atoms with van der Waals surface area (Å²) in [5, 5.41) is 16.6. The highest BCUT2D eigenvalue weighted by molar-refractivity contribution is 6.00. The summed E-state index contributed by atoms with van der Waals surface area (Å²) in [5.41, 5.74) is 9.39. The van der Waals surface area contributed by atoms with Gasteiger partial charge in [-0.3, -0.25) is 19.8 Å². The smallest absolute Gasteiger partial charge is 0.244 e. The number of aliphatic hydroxyl groups excluding tert-OH is 1. The summed E-state index contributed by atoms with van der Waals surface area (Å²) in [5.74, 6) is -0.584. The zero-order chi connectivity index (χ0) is 21.1. The van der Waals surface area contributed by atoms with E-state index in [2.05, 4.69) is 15.6 Å². The minimum absolute atomic E-state index is 0.252. The van der Waals surface area contributed by atoms with Crippen LogP contribution >= 0.6 is 0 Å². The number of anilines is 1. The number of hydrogen-bond acceptors (Lipinski definition) is 7. The van der Waals surface area contributed by atoms with E-state index >= 15 is 0 Å².